The van der Waals surface area contributed by atoms with Crippen molar-refractivity contribution in [1.29, 1.82) is 5.26 Å². The van der Waals surface area contributed by atoms with E-state index in [1.54, 1.807) is 6.07 Å². The van der Waals surface area contributed by atoms with Crippen molar-refractivity contribution in [3.8, 4) is 11.9 Å². The first-order valence-corrected chi connectivity index (χ1v) is 4.73. The molecular weight excluding hydrogens is 218 g/mol. The van der Waals surface area contributed by atoms with Gasteiger partial charge in [-0.15, -0.1) is 0 Å². The van der Waals surface area contributed by atoms with E-state index >= 15 is 0 Å². The Morgan fingerprint density at radius 2 is 2.38 bits per heavy atom. The van der Waals surface area contributed by atoms with Gasteiger partial charge in [-0.05, 0) is 23.3 Å². The predicted octanol–water partition coefficient (Wildman–Crippen LogP) is 2.34. The summed E-state index contributed by atoms with van der Waals surface area (Å²) in [6, 6.07) is 1.77. The van der Waals surface area contributed by atoms with Crippen LogP contribution in [0.4, 0.5) is 8.78 Å². The second-order valence-corrected chi connectivity index (χ2v) is 3.88. The highest BCUT2D eigenvalue weighted by molar-refractivity contribution is 8.01. The van der Waals surface area contributed by atoms with Crippen molar-refractivity contribution in [2.75, 3.05) is 7.11 Å². The molecule has 0 bridgehead atoms. The molecule has 0 aliphatic heterocycles. The van der Waals surface area contributed by atoms with Gasteiger partial charge in [-0.3, -0.25) is 0 Å². The predicted molar refractivity (Wildman–Crippen MR) is 45.2 cm³/mol. The molecule has 0 aromatic carbocycles. The average Bonchev–Trinajstić information content (AvgIpc) is 2.45. The molecule has 1 rings (SSSR count). The lowest BCUT2D eigenvalue weighted by Crippen LogP contribution is -1.86. The number of hydrogen-bond acceptors (Lipinski definition) is 5. The van der Waals surface area contributed by atoms with Crippen LogP contribution in [0, 0.1) is 11.3 Å². The van der Waals surface area contributed by atoms with Crippen molar-refractivity contribution in [2.45, 2.75) is 9.97 Å². The molecule has 0 saturated heterocycles. The van der Waals surface area contributed by atoms with Crippen LogP contribution in [0.2, 0.25) is 0 Å². The molecule has 1 aromatic heterocycles. The van der Waals surface area contributed by atoms with Crippen LogP contribution in [0.3, 0.4) is 0 Å². The second kappa shape index (κ2) is 4.39. The molecule has 13 heavy (non-hydrogen) atoms. The minimum Gasteiger partial charge on any atom is -0.479 e. The number of alkyl halides is 2. The molecule has 3 nitrogen and oxygen atoms in total. The summed E-state index contributed by atoms with van der Waals surface area (Å²) < 4.78 is 32.5. The fourth-order valence-electron chi connectivity index (χ4n) is 0.656. The van der Waals surface area contributed by atoms with Crippen LogP contribution in [0.25, 0.3) is 0 Å². The van der Waals surface area contributed by atoms with E-state index in [2.05, 4.69) is 4.37 Å². The molecule has 1 aromatic rings. The lowest BCUT2D eigenvalue weighted by Gasteiger charge is -1.95. The van der Waals surface area contributed by atoms with Gasteiger partial charge in [0.2, 0.25) is 5.88 Å². The molecular formula is C6H4F2N2OS2. The number of methoxy groups -OCH3 is 1. The number of hydrogen-bond donors (Lipinski definition) is 0. The van der Waals surface area contributed by atoms with Crippen LogP contribution >= 0.6 is 23.3 Å². The molecule has 0 fully saturated rings. The Balaban J connectivity index is 2.96. The van der Waals surface area contributed by atoms with Gasteiger partial charge in [0.05, 0.1) is 7.11 Å². The Kier molecular flexibility index (Phi) is 3.45. The third-order valence-corrected chi connectivity index (χ3v) is 2.87. The zero-order valence-corrected chi connectivity index (χ0v) is 8.09. The number of thioether (sulfide) groups is 1. The maximum absolute atomic E-state index is 11.9. The summed E-state index contributed by atoms with van der Waals surface area (Å²) in [5, 5.41) is 8.61. The largest absolute Gasteiger partial charge is 0.479 e. The molecule has 1 heterocycles. The highest BCUT2D eigenvalue weighted by Gasteiger charge is 2.18. The number of ether oxygens (including phenoxy) is 1. The van der Waals surface area contributed by atoms with Gasteiger partial charge in [-0.1, -0.05) is 0 Å². The summed E-state index contributed by atoms with van der Waals surface area (Å²) in [7, 11) is 1.34. The Morgan fingerprint density at radius 1 is 1.69 bits per heavy atom. The summed E-state index contributed by atoms with van der Waals surface area (Å²) >= 11 is 1.15. The van der Waals surface area contributed by atoms with Crippen molar-refractivity contribution in [3.05, 3.63) is 5.56 Å². The minimum absolute atomic E-state index is 0.0813. The minimum atomic E-state index is -2.54. The molecule has 0 N–H and O–H groups in total. The van der Waals surface area contributed by atoms with Gasteiger partial charge in [-0.2, -0.15) is 18.4 Å². The maximum atomic E-state index is 11.9. The first-order chi connectivity index (χ1) is 6.19. The van der Waals surface area contributed by atoms with E-state index in [9.17, 15) is 8.78 Å². The van der Waals surface area contributed by atoms with Gasteiger partial charge >= 0.3 is 0 Å². The normalized spacial score (nSPS) is 10.1. The summed E-state index contributed by atoms with van der Waals surface area (Å²) in [6.45, 7) is 0. The van der Waals surface area contributed by atoms with E-state index in [4.69, 9.17) is 10.00 Å². The third-order valence-electron chi connectivity index (χ3n) is 1.13. The van der Waals surface area contributed by atoms with Gasteiger partial charge in [0, 0.05) is 0 Å². The Hall–Kier alpha value is -0.870. The lowest BCUT2D eigenvalue weighted by atomic mass is 10.4. The molecule has 0 radical (unpaired) electrons. The average molecular weight is 222 g/mol. The summed E-state index contributed by atoms with van der Waals surface area (Å²) in [4.78, 5) is 0. The molecule has 0 aliphatic carbocycles. The van der Waals surface area contributed by atoms with Crippen molar-refractivity contribution in [2.24, 2.45) is 0 Å². The molecule has 70 valence electrons. The monoisotopic (exact) mass is 222 g/mol. The SMILES string of the molecule is COc1nsc(SC(F)F)c1C#N. The maximum Gasteiger partial charge on any atom is 0.289 e. The molecule has 7 heteroatoms. The highest BCUT2D eigenvalue weighted by Crippen LogP contribution is 2.36. The van der Waals surface area contributed by atoms with Crippen LogP contribution in [-0.2, 0) is 0 Å². The second-order valence-electron chi connectivity index (χ2n) is 1.84. The van der Waals surface area contributed by atoms with E-state index in [0.29, 0.717) is 11.8 Å². The molecule has 0 aliphatic rings. The highest BCUT2D eigenvalue weighted by atomic mass is 32.2. The first kappa shape index (κ1) is 10.2. The molecule has 0 saturated carbocycles. The number of rotatable bonds is 3. The Morgan fingerprint density at radius 3 is 2.85 bits per heavy atom. The molecule has 0 unspecified atom stereocenters. The number of aromatic nitrogens is 1. The Bertz CT molecular complexity index is 334. The van der Waals surface area contributed by atoms with Crippen LogP contribution in [-0.4, -0.2) is 17.2 Å². The van der Waals surface area contributed by atoms with E-state index < -0.39 is 5.76 Å². The summed E-state index contributed by atoms with van der Waals surface area (Å²) in [6.07, 6.45) is 0. The zero-order chi connectivity index (χ0) is 9.84. The van der Waals surface area contributed by atoms with Crippen molar-refractivity contribution < 1.29 is 13.5 Å². The van der Waals surface area contributed by atoms with Crippen LogP contribution < -0.4 is 4.74 Å². The first-order valence-electron chi connectivity index (χ1n) is 3.07. The fourth-order valence-corrected chi connectivity index (χ4v) is 2.13. The van der Waals surface area contributed by atoms with E-state index in [1.165, 1.54) is 7.11 Å². The van der Waals surface area contributed by atoms with E-state index in [1.807, 2.05) is 0 Å². The summed E-state index contributed by atoms with van der Waals surface area (Å²) in [5.74, 6) is -2.44. The van der Waals surface area contributed by atoms with Crippen molar-refractivity contribution >= 4 is 23.3 Å². The van der Waals surface area contributed by atoms with Gasteiger partial charge in [0.25, 0.3) is 5.76 Å². The van der Waals surface area contributed by atoms with Gasteiger partial charge in [0.15, 0.2) is 0 Å². The zero-order valence-electron chi connectivity index (χ0n) is 6.45. The van der Waals surface area contributed by atoms with Gasteiger partial charge in [-0.25, -0.2) is 0 Å². The number of halogens is 2. The van der Waals surface area contributed by atoms with Crippen LogP contribution in [0.1, 0.15) is 5.56 Å². The summed E-state index contributed by atoms with van der Waals surface area (Å²) in [5.41, 5.74) is 0.0813. The van der Waals surface area contributed by atoms with Crippen molar-refractivity contribution in [1.82, 2.24) is 4.37 Å². The van der Waals surface area contributed by atoms with Gasteiger partial charge in [0.1, 0.15) is 15.8 Å². The Labute approximate surface area is 81.5 Å². The smallest absolute Gasteiger partial charge is 0.289 e. The van der Waals surface area contributed by atoms with Crippen LogP contribution in [0.15, 0.2) is 4.21 Å². The quantitative estimate of drug-likeness (QED) is 0.736. The van der Waals surface area contributed by atoms with Crippen LogP contribution in [0.5, 0.6) is 5.88 Å². The standard InChI is InChI=1S/C6H4F2N2OS2/c1-11-4-3(2-9)5(13-10-4)12-6(7)8/h6H,1H3. The van der Waals surface area contributed by atoms with Gasteiger partial charge < -0.3 is 4.74 Å². The van der Waals surface area contributed by atoms with E-state index in [-0.39, 0.29) is 15.7 Å². The lowest BCUT2D eigenvalue weighted by molar-refractivity contribution is 0.252. The number of nitrogens with zero attached hydrogens (tertiary/aromatic N) is 2. The number of nitriles is 1. The third kappa shape index (κ3) is 2.29. The molecule has 0 amide bonds. The topological polar surface area (TPSA) is 45.9 Å². The molecule has 0 spiro atoms. The fraction of sp³-hybridized carbons (Fsp3) is 0.333. The van der Waals surface area contributed by atoms with E-state index in [0.717, 1.165) is 11.5 Å². The van der Waals surface area contributed by atoms with Crippen molar-refractivity contribution in [3.63, 3.8) is 0 Å². The molecule has 0 atom stereocenters.